The van der Waals surface area contributed by atoms with E-state index in [1.165, 1.54) is 4.90 Å². The zero-order valence-corrected chi connectivity index (χ0v) is 13.4. The number of thioether (sulfide) groups is 1. The lowest BCUT2D eigenvalue weighted by Gasteiger charge is -2.16. The second-order valence-corrected chi connectivity index (χ2v) is 6.15. The van der Waals surface area contributed by atoms with Crippen LogP contribution < -0.4 is 16.0 Å². The van der Waals surface area contributed by atoms with Gasteiger partial charge in [-0.3, -0.25) is 16.3 Å². The standard InChI is InChI=1S/C14H16BrN3OS/c1-19-12-5-10(7-17-8-12)14(18-16)9-20-13-4-2-3-11(15)6-13/h2-8,14,18H,9,16H2,1H3. The summed E-state index contributed by atoms with van der Waals surface area (Å²) in [6, 6.07) is 10.1. The van der Waals surface area contributed by atoms with E-state index in [0.717, 1.165) is 21.5 Å². The minimum Gasteiger partial charge on any atom is -0.495 e. The molecule has 1 unspecified atom stereocenters. The third-order valence-electron chi connectivity index (χ3n) is 2.79. The van der Waals surface area contributed by atoms with Crippen LogP contribution in [-0.2, 0) is 0 Å². The van der Waals surface area contributed by atoms with Gasteiger partial charge in [-0.15, -0.1) is 11.8 Å². The third-order valence-corrected chi connectivity index (χ3v) is 4.37. The SMILES string of the molecule is COc1cncc(C(CSc2cccc(Br)c2)NN)c1. The van der Waals surface area contributed by atoms with Gasteiger partial charge in [0.25, 0.3) is 0 Å². The summed E-state index contributed by atoms with van der Waals surface area (Å²) < 4.78 is 6.26. The van der Waals surface area contributed by atoms with E-state index in [4.69, 9.17) is 10.6 Å². The number of nitrogens with one attached hydrogen (secondary N) is 1. The molecule has 1 aromatic carbocycles. The number of methoxy groups -OCH3 is 1. The van der Waals surface area contributed by atoms with Gasteiger partial charge in [-0.05, 0) is 29.8 Å². The van der Waals surface area contributed by atoms with Crippen LogP contribution in [0.3, 0.4) is 0 Å². The largest absolute Gasteiger partial charge is 0.495 e. The van der Waals surface area contributed by atoms with Gasteiger partial charge in [0.1, 0.15) is 5.75 Å². The van der Waals surface area contributed by atoms with Crippen molar-refractivity contribution in [3.63, 3.8) is 0 Å². The fraction of sp³-hybridized carbons (Fsp3) is 0.214. The van der Waals surface area contributed by atoms with Crippen LogP contribution in [0, 0.1) is 0 Å². The van der Waals surface area contributed by atoms with Crippen LogP contribution in [0.4, 0.5) is 0 Å². The molecule has 2 rings (SSSR count). The molecule has 6 heteroatoms. The predicted octanol–water partition coefficient (Wildman–Crippen LogP) is 3.15. The van der Waals surface area contributed by atoms with Crippen LogP contribution in [0.25, 0.3) is 0 Å². The summed E-state index contributed by atoms with van der Waals surface area (Å²) in [7, 11) is 1.63. The molecule has 0 aliphatic carbocycles. The number of rotatable bonds is 6. The second-order valence-electron chi connectivity index (χ2n) is 4.15. The Labute approximate surface area is 131 Å². The molecule has 106 valence electrons. The highest BCUT2D eigenvalue weighted by molar-refractivity contribution is 9.10. The molecule has 2 aromatic rings. The van der Waals surface area contributed by atoms with E-state index >= 15 is 0 Å². The predicted molar refractivity (Wildman–Crippen MR) is 85.7 cm³/mol. The molecular formula is C14H16BrN3OS. The van der Waals surface area contributed by atoms with E-state index < -0.39 is 0 Å². The first-order chi connectivity index (χ1) is 9.72. The van der Waals surface area contributed by atoms with Gasteiger partial charge in [0.2, 0.25) is 0 Å². The number of nitrogens with two attached hydrogens (primary N) is 1. The molecule has 0 saturated heterocycles. The fourth-order valence-electron chi connectivity index (χ4n) is 1.71. The van der Waals surface area contributed by atoms with Crippen molar-refractivity contribution in [1.29, 1.82) is 0 Å². The number of benzene rings is 1. The Bertz CT molecular complexity index is 568. The molecule has 4 nitrogen and oxygen atoms in total. The van der Waals surface area contributed by atoms with Crippen molar-refractivity contribution < 1.29 is 4.74 Å². The Morgan fingerprint density at radius 1 is 1.40 bits per heavy atom. The quantitative estimate of drug-likeness (QED) is 0.474. The molecule has 0 fully saturated rings. The molecule has 0 radical (unpaired) electrons. The van der Waals surface area contributed by atoms with Gasteiger partial charge < -0.3 is 4.74 Å². The fourth-order valence-corrected chi connectivity index (χ4v) is 3.30. The van der Waals surface area contributed by atoms with E-state index in [0.29, 0.717) is 0 Å². The maximum atomic E-state index is 5.65. The smallest absolute Gasteiger partial charge is 0.137 e. The van der Waals surface area contributed by atoms with Gasteiger partial charge in [0, 0.05) is 21.3 Å². The molecule has 3 N–H and O–H groups in total. The average molecular weight is 354 g/mol. The first-order valence-corrected chi connectivity index (χ1v) is 7.84. The summed E-state index contributed by atoms with van der Waals surface area (Å²) in [5.74, 6) is 7.19. The van der Waals surface area contributed by atoms with Crippen LogP contribution >= 0.6 is 27.7 Å². The van der Waals surface area contributed by atoms with Crippen molar-refractivity contribution in [2.24, 2.45) is 5.84 Å². The Kier molecular flexibility index (Phi) is 5.85. The number of hydrogen-bond donors (Lipinski definition) is 2. The highest BCUT2D eigenvalue weighted by atomic mass is 79.9. The Morgan fingerprint density at radius 2 is 2.25 bits per heavy atom. The highest BCUT2D eigenvalue weighted by Gasteiger charge is 2.11. The number of nitrogens with zero attached hydrogens (tertiary/aromatic N) is 1. The van der Waals surface area contributed by atoms with Crippen molar-refractivity contribution in [3.8, 4) is 5.75 Å². The van der Waals surface area contributed by atoms with Gasteiger partial charge in [-0.1, -0.05) is 22.0 Å². The van der Waals surface area contributed by atoms with E-state index in [1.807, 2.05) is 18.2 Å². The first-order valence-electron chi connectivity index (χ1n) is 6.06. The Hall–Kier alpha value is -1.08. The molecule has 1 heterocycles. The van der Waals surface area contributed by atoms with Gasteiger partial charge in [0.05, 0.1) is 19.3 Å². The van der Waals surface area contributed by atoms with Crippen LogP contribution in [0.15, 0.2) is 52.1 Å². The normalized spacial score (nSPS) is 12.2. The molecule has 20 heavy (non-hydrogen) atoms. The van der Waals surface area contributed by atoms with Gasteiger partial charge in [-0.25, -0.2) is 0 Å². The zero-order chi connectivity index (χ0) is 14.4. The summed E-state index contributed by atoms with van der Waals surface area (Å²) in [4.78, 5) is 5.35. The summed E-state index contributed by atoms with van der Waals surface area (Å²) in [6.07, 6.45) is 3.48. The summed E-state index contributed by atoms with van der Waals surface area (Å²) in [5.41, 5.74) is 3.84. The van der Waals surface area contributed by atoms with Crippen molar-refractivity contribution in [1.82, 2.24) is 10.4 Å². The zero-order valence-electron chi connectivity index (χ0n) is 11.0. The lowest BCUT2D eigenvalue weighted by atomic mass is 10.1. The van der Waals surface area contributed by atoms with E-state index in [2.05, 4.69) is 38.5 Å². The molecule has 0 aliphatic rings. The van der Waals surface area contributed by atoms with Crippen LogP contribution in [0.5, 0.6) is 5.75 Å². The minimum absolute atomic E-state index is 0.0154. The summed E-state index contributed by atoms with van der Waals surface area (Å²) in [5, 5.41) is 0. The Balaban J connectivity index is 2.05. The summed E-state index contributed by atoms with van der Waals surface area (Å²) >= 11 is 5.20. The van der Waals surface area contributed by atoms with E-state index in [9.17, 15) is 0 Å². The van der Waals surface area contributed by atoms with E-state index in [-0.39, 0.29) is 6.04 Å². The number of hydrazine groups is 1. The van der Waals surface area contributed by atoms with Gasteiger partial charge in [0.15, 0.2) is 0 Å². The molecular weight excluding hydrogens is 338 g/mol. The maximum absolute atomic E-state index is 5.65. The highest BCUT2D eigenvalue weighted by Crippen LogP contribution is 2.27. The maximum Gasteiger partial charge on any atom is 0.137 e. The lowest BCUT2D eigenvalue weighted by Crippen LogP contribution is -2.29. The lowest BCUT2D eigenvalue weighted by molar-refractivity contribution is 0.411. The average Bonchev–Trinajstić information content (AvgIpc) is 2.48. The molecule has 0 spiro atoms. The molecule has 0 aliphatic heterocycles. The summed E-state index contributed by atoms with van der Waals surface area (Å²) in [6.45, 7) is 0. The topological polar surface area (TPSA) is 60.2 Å². The van der Waals surface area contributed by atoms with Crippen LogP contribution in [0.2, 0.25) is 0 Å². The number of halogens is 1. The molecule has 0 saturated carbocycles. The molecule has 1 aromatic heterocycles. The number of pyridine rings is 1. The third kappa shape index (κ3) is 4.21. The van der Waals surface area contributed by atoms with Gasteiger partial charge in [-0.2, -0.15) is 0 Å². The van der Waals surface area contributed by atoms with E-state index in [1.54, 1.807) is 31.3 Å². The molecule has 0 bridgehead atoms. The number of aromatic nitrogens is 1. The Morgan fingerprint density at radius 3 is 2.95 bits per heavy atom. The van der Waals surface area contributed by atoms with Crippen LogP contribution in [-0.4, -0.2) is 17.8 Å². The van der Waals surface area contributed by atoms with Crippen molar-refractivity contribution >= 4 is 27.7 Å². The number of ether oxygens (including phenoxy) is 1. The van der Waals surface area contributed by atoms with Gasteiger partial charge >= 0.3 is 0 Å². The number of hydrogen-bond acceptors (Lipinski definition) is 5. The minimum atomic E-state index is 0.0154. The molecule has 1 atom stereocenters. The monoisotopic (exact) mass is 353 g/mol. The first kappa shape index (κ1) is 15.3. The van der Waals surface area contributed by atoms with Crippen molar-refractivity contribution in [2.45, 2.75) is 10.9 Å². The second kappa shape index (κ2) is 7.64. The molecule has 0 amide bonds. The van der Waals surface area contributed by atoms with Crippen molar-refractivity contribution in [2.75, 3.05) is 12.9 Å². The van der Waals surface area contributed by atoms with Crippen LogP contribution in [0.1, 0.15) is 11.6 Å². The van der Waals surface area contributed by atoms with Crippen molar-refractivity contribution in [3.05, 3.63) is 52.8 Å².